The van der Waals surface area contributed by atoms with Crippen molar-refractivity contribution in [1.29, 1.82) is 0 Å². The fourth-order valence-corrected chi connectivity index (χ4v) is 8.35. The van der Waals surface area contributed by atoms with Crippen molar-refractivity contribution in [2.24, 2.45) is 34.3 Å². The summed E-state index contributed by atoms with van der Waals surface area (Å²) >= 11 is 0. The first-order valence-corrected chi connectivity index (χ1v) is 15.0. The molecule has 0 aromatic rings. The summed E-state index contributed by atoms with van der Waals surface area (Å²) in [6.07, 6.45) is 3.75. The Kier molecular flexibility index (Phi) is 9.87. The summed E-state index contributed by atoms with van der Waals surface area (Å²) in [6, 6.07) is -1.36. The summed E-state index contributed by atoms with van der Waals surface area (Å²) in [6.45, 7) is 4.17. The highest BCUT2D eigenvalue weighted by molar-refractivity contribution is 6.01. The van der Waals surface area contributed by atoms with Gasteiger partial charge in [0.25, 0.3) is 0 Å². The van der Waals surface area contributed by atoms with Crippen molar-refractivity contribution in [1.82, 2.24) is 5.39 Å². The first-order valence-electron chi connectivity index (χ1n) is 15.0. The van der Waals surface area contributed by atoms with Gasteiger partial charge in [0.05, 0.1) is 31.1 Å². The van der Waals surface area contributed by atoms with Crippen LogP contribution < -0.4 is 5.73 Å². The minimum absolute atomic E-state index is 0.0346. The molecule has 4 aliphatic carbocycles. The summed E-state index contributed by atoms with van der Waals surface area (Å²) in [7, 11) is 0. The second-order valence-electron chi connectivity index (χ2n) is 13.0. The van der Waals surface area contributed by atoms with Crippen molar-refractivity contribution >= 4 is 23.5 Å². The average molecular weight is 627 g/mol. The van der Waals surface area contributed by atoms with Crippen LogP contribution in [0.3, 0.4) is 0 Å². The number of unbranched alkanes of at least 4 members (excludes halogenated alkanes) is 1. The number of aliphatic hydroxyl groups is 2. The number of rotatable bonds is 12. The highest BCUT2D eigenvalue weighted by Crippen LogP contribution is 2.70. The van der Waals surface area contributed by atoms with E-state index in [2.05, 4.69) is 4.84 Å². The van der Waals surface area contributed by atoms with Crippen LogP contribution in [0.2, 0.25) is 0 Å². The number of nitrogens with zero attached hydrogens (tertiary/aromatic N) is 1. The van der Waals surface area contributed by atoms with E-state index in [1.165, 1.54) is 18.2 Å². The Hall–Kier alpha value is -2.59. The lowest BCUT2D eigenvalue weighted by Crippen LogP contribution is -2.69. The Morgan fingerprint density at radius 1 is 1.16 bits per heavy atom. The summed E-state index contributed by atoms with van der Waals surface area (Å²) in [4.78, 5) is 54.5. The van der Waals surface area contributed by atoms with Gasteiger partial charge in [-0.1, -0.05) is 25.5 Å². The number of ketones is 2. The van der Waals surface area contributed by atoms with E-state index in [0.717, 1.165) is 0 Å². The van der Waals surface area contributed by atoms with E-state index < -0.39 is 88.1 Å². The van der Waals surface area contributed by atoms with Gasteiger partial charge in [-0.2, -0.15) is 0 Å². The molecule has 246 valence electrons. The number of ether oxygens (including phenoxy) is 2. The second-order valence-corrected chi connectivity index (χ2v) is 13.0. The van der Waals surface area contributed by atoms with Crippen LogP contribution in [0.25, 0.3) is 0 Å². The van der Waals surface area contributed by atoms with Crippen molar-refractivity contribution in [3.8, 4) is 0 Å². The number of alkyl halides is 1. The van der Waals surface area contributed by atoms with Crippen LogP contribution in [-0.2, 0) is 33.5 Å². The first-order chi connectivity index (χ1) is 20.5. The molecule has 2 unspecified atom stereocenters. The molecule has 0 heterocycles. The monoisotopic (exact) mass is 626 g/mol. The van der Waals surface area contributed by atoms with Gasteiger partial charge in [-0.15, -0.1) is 0 Å². The van der Waals surface area contributed by atoms with Gasteiger partial charge in [0.15, 0.2) is 18.1 Å². The Bertz CT molecular complexity index is 1230. The van der Waals surface area contributed by atoms with Crippen LogP contribution in [0.4, 0.5) is 4.39 Å². The number of aliphatic hydroxyl groups excluding tert-OH is 1. The lowest BCUT2D eigenvalue weighted by Gasteiger charge is -2.62. The van der Waals surface area contributed by atoms with Crippen molar-refractivity contribution in [3.63, 3.8) is 0 Å². The number of Topliss-reactive ketones (excluding diaryl/α,β-unsaturated/α-hetero) is 1. The zero-order valence-electron chi connectivity index (χ0n) is 25.2. The fourth-order valence-electron chi connectivity index (χ4n) is 8.35. The molecule has 0 radical (unpaired) electrons. The van der Waals surface area contributed by atoms with Gasteiger partial charge in [0.2, 0.25) is 5.78 Å². The minimum Gasteiger partial charge on any atom is -0.465 e. The summed E-state index contributed by atoms with van der Waals surface area (Å²) in [5, 5.41) is 39.9. The molecule has 4 aliphatic rings. The molecule has 4 rings (SSSR count). The van der Waals surface area contributed by atoms with E-state index in [1.807, 2.05) is 0 Å². The molecule has 9 atom stereocenters. The van der Waals surface area contributed by atoms with Gasteiger partial charge < -0.3 is 25.4 Å². The maximum atomic E-state index is 17.3. The van der Waals surface area contributed by atoms with E-state index in [4.69, 9.17) is 25.6 Å². The number of carbonyl (C=O) groups is 4. The molecule has 14 heteroatoms. The lowest BCUT2D eigenvalue weighted by atomic mass is 9.44. The molecule has 0 aliphatic heterocycles. The smallest absolute Gasteiger partial charge is 0.323 e. The van der Waals surface area contributed by atoms with Gasteiger partial charge in [0.1, 0.15) is 11.6 Å². The Labute approximate surface area is 254 Å². The number of carbonyl (C=O) groups excluding carboxylic acids is 4. The Morgan fingerprint density at radius 2 is 1.84 bits per heavy atom. The van der Waals surface area contributed by atoms with Crippen LogP contribution in [0, 0.1) is 28.6 Å². The predicted molar refractivity (Wildman–Crippen MR) is 148 cm³/mol. The number of hydrogen-bond acceptors (Lipinski definition) is 13. The SMILES string of the molecule is C[C@@H]1C[C@H]2[C@@H]3CCC4=CC(=O)C=C[C@]4(C)C3(F)[C@@H](O)C[C@]2(C)[C@@]1(O)C(=O)COC(=O)CC(N)C(=O)OCCCCON(O)O. The third-order valence-electron chi connectivity index (χ3n) is 10.7. The number of esters is 2. The standard InChI is InChI=1S/C30H43FN2O11/c1-17-12-21-20-7-6-18-13-19(34)8-9-27(18,2)29(20,31)23(35)15-28(21,3)30(17,39)24(36)16-43-25(37)14-22(32)26(38)42-10-4-5-11-44-33(40)41/h8-9,13,17,20-23,35,39-41H,4-7,10-12,14-16,32H2,1-3H3/t17-,20+,21+,22?,23+,27+,28+,29?,30+/m1/s1. The molecule has 0 aromatic carbocycles. The first kappa shape index (κ1) is 34.3. The number of hydrogen-bond donors (Lipinski definition) is 5. The van der Waals surface area contributed by atoms with E-state index >= 15 is 4.39 Å². The molecule has 0 bridgehead atoms. The van der Waals surface area contributed by atoms with Crippen molar-refractivity contribution in [3.05, 3.63) is 23.8 Å². The highest BCUT2D eigenvalue weighted by Gasteiger charge is 2.75. The van der Waals surface area contributed by atoms with Gasteiger partial charge >= 0.3 is 11.9 Å². The number of nitrogens with two attached hydrogens (primary N) is 1. The fraction of sp³-hybridized carbons (Fsp3) is 0.733. The van der Waals surface area contributed by atoms with Gasteiger partial charge in [-0.25, -0.2) is 4.39 Å². The zero-order valence-corrected chi connectivity index (χ0v) is 25.2. The van der Waals surface area contributed by atoms with Gasteiger partial charge in [-0.05, 0) is 69.4 Å². The molecule has 6 N–H and O–H groups in total. The summed E-state index contributed by atoms with van der Waals surface area (Å²) in [5.74, 6) is -4.64. The number of halogens is 1. The van der Waals surface area contributed by atoms with Gasteiger partial charge in [-0.3, -0.25) is 34.4 Å². The van der Waals surface area contributed by atoms with E-state index in [1.54, 1.807) is 20.8 Å². The number of allylic oxidation sites excluding steroid dienone is 4. The molecular weight excluding hydrogens is 583 g/mol. The molecule has 13 nitrogen and oxygen atoms in total. The van der Waals surface area contributed by atoms with Crippen molar-refractivity contribution < 1.29 is 58.5 Å². The molecule has 0 amide bonds. The van der Waals surface area contributed by atoms with Crippen molar-refractivity contribution in [2.75, 3.05) is 19.8 Å². The molecule has 0 saturated heterocycles. The van der Waals surface area contributed by atoms with E-state index in [-0.39, 0.29) is 25.4 Å². The summed E-state index contributed by atoms with van der Waals surface area (Å²) in [5.41, 5.74) is -0.195. The van der Waals surface area contributed by atoms with Crippen LogP contribution in [0.15, 0.2) is 23.8 Å². The number of fused-ring (bicyclic) bond motifs is 5. The molecular formula is C30H43FN2O11. The lowest BCUT2D eigenvalue weighted by molar-refractivity contribution is -0.492. The highest BCUT2D eigenvalue weighted by atomic mass is 19.1. The van der Waals surface area contributed by atoms with E-state index in [9.17, 15) is 29.4 Å². The third-order valence-corrected chi connectivity index (χ3v) is 10.7. The van der Waals surface area contributed by atoms with Crippen LogP contribution in [0.5, 0.6) is 0 Å². The quantitative estimate of drug-likeness (QED) is 0.118. The third kappa shape index (κ3) is 5.65. The second kappa shape index (κ2) is 12.7. The molecule has 3 saturated carbocycles. The average Bonchev–Trinajstić information content (AvgIpc) is 3.15. The largest absolute Gasteiger partial charge is 0.465 e. The maximum Gasteiger partial charge on any atom is 0.323 e. The van der Waals surface area contributed by atoms with Gasteiger partial charge in [0, 0.05) is 16.7 Å². The molecule has 3 fully saturated rings. The zero-order chi connectivity index (χ0) is 32.7. The van der Waals surface area contributed by atoms with E-state index in [0.29, 0.717) is 37.7 Å². The molecule has 0 spiro atoms. The van der Waals surface area contributed by atoms with Crippen LogP contribution in [0.1, 0.15) is 65.7 Å². The normalized spacial score (nSPS) is 38.3. The Morgan fingerprint density at radius 3 is 2.52 bits per heavy atom. The minimum atomic E-state index is -2.11. The topological polar surface area (TPSA) is 206 Å². The van der Waals surface area contributed by atoms with Crippen LogP contribution >= 0.6 is 0 Å². The predicted octanol–water partition coefficient (Wildman–Crippen LogP) is 1.50. The summed E-state index contributed by atoms with van der Waals surface area (Å²) < 4.78 is 27.4. The Balaban J connectivity index is 1.38. The molecule has 0 aromatic heterocycles. The van der Waals surface area contributed by atoms with Crippen LogP contribution in [-0.4, -0.2) is 92.8 Å². The van der Waals surface area contributed by atoms with Crippen molar-refractivity contribution in [2.45, 2.75) is 89.1 Å². The maximum absolute atomic E-state index is 17.3. The molecule has 44 heavy (non-hydrogen) atoms.